The summed E-state index contributed by atoms with van der Waals surface area (Å²) in [4.78, 5) is 11.8. The Kier molecular flexibility index (Phi) is 2.69. The zero-order valence-corrected chi connectivity index (χ0v) is 9.13. The minimum Gasteiger partial charge on any atom is -0.458 e. The highest BCUT2D eigenvalue weighted by Gasteiger charge is 2.34. The van der Waals surface area contributed by atoms with E-state index in [-0.39, 0.29) is 5.97 Å². The number of ether oxygens (including phenoxy) is 1. The minimum absolute atomic E-state index is 0.259. The maximum absolute atomic E-state index is 11.8. The summed E-state index contributed by atoms with van der Waals surface area (Å²) >= 11 is 0. The van der Waals surface area contributed by atoms with Gasteiger partial charge in [-0.05, 0) is 46.0 Å². The molecule has 78 valence electrons. The van der Waals surface area contributed by atoms with Gasteiger partial charge in [0.25, 0.3) is 0 Å². The van der Waals surface area contributed by atoms with Crippen LogP contribution < -0.4 is 5.32 Å². The lowest BCUT2D eigenvalue weighted by molar-refractivity contribution is -0.160. The zero-order valence-electron chi connectivity index (χ0n) is 9.13. The molecular weight excluding hydrogens is 178 g/mol. The molecule has 14 heavy (non-hydrogen) atoms. The molecule has 0 aromatic rings. The van der Waals surface area contributed by atoms with Gasteiger partial charge in [0.15, 0.2) is 5.54 Å². The van der Waals surface area contributed by atoms with Gasteiger partial charge < -0.3 is 10.1 Å². The largest absolute Gasteiger partial charge is 0.458 e. The molecule has 0 bridgehead atoms. The number of carbonyl (C=O) groups is 1. The standard InChI is InChI=1S/C11H17NO2/c1-10(2,3)14-9(13)11(4)7-5-6-8-12-11/h5-8,12H,1-4H3. The molecule has 0 aromatic heterocycles. The number of allylic oxidation sites excluding steroid dienone is 2. The van der Waals surface area contributed by atoms with E-state index in [0.717, 1.165) is 0 Å². The first-order valence-electron chi connectivity index (χ1n) is 4.69. The van der Waals surface area contributed by atoms with E-state index in [1.165, 1.54) is 0 Å². The molecule has 0 fully saturated rings. The molecule has 1 aliphatic heterocycles. The van der Waals surface area contributed by atoms with Gasteiger partial charge in [-0.3, -0.25) is 0 Å². The molecule has 3 heteroatoms. The molecule has 1 N–H and O–H groups in total. The molecule has 1 rings (SSSR count). The van der Waals surface area contributed by atoms with E-state index in [2.05, 4.69) is 5.32 Å². The summed E-state index contributed by atoms with van der Waals surface area (Å²) in [6.07, 6.45) is 7.21. The maximum atomic E-state index is 11.8. The van der Waals surface area contributed by atoms with Gasteiger partial charge in [0.1, 0.15) is 5.60 Å². The summed E-state index contributed by atoms with van der Waals surface area (Å²) in [7, 11) is 0. The van der Waals surface area contributed by atoms with Crippen LogP contribution in [0.3, 0.4) is 0 Å². The summed E-state index contributed by atoms with van der Waals surface area (Å²) < 4.78 is 5.29. The first-order chi connectivity index (χ1) is 6.33. The van der Waals surface area contributed by atoms with Crippen molar-refractivity contribution >= 4 is 5.97 Å². The van der Waals surface area contributed by atoms with E-state index >= 15 is 0 Å². The number of nitrogens with one attached hydrogen (secondary N) is 1. The average molecular weight is 195 g/mol. The van der Waals surface area contributed by atoms with Crippen LogP contribution in [0.4, 0.5) is 0 Å². The van der Waals surface area contributed by atoms with Crippen LogP contribution in [-0.2, 0) is 9.53 Å². The third-order valence-electron chi connectivity index (χ3n) is 1.84. The lowest BCUT2D eigenvalue weighted by Crippen LogP contribution is -2.49. The minimum atomic E-state index is -0.734. The lowest BCUT2D eigenvalue weighted by Gasteiger charge is -2.30. The molecule has 1 heterocycles. The van der Waals surface area contributed by atoms with E-state index in [0.29, 0.717) is 0 Å². The van der Waals surface area contributed by atoms with Crippen molar-refractivity contribution in [2.75, 3.05) is 0 Å². The van der Waals surface area contributed by atoms with Gasteiger partial charge in [0.05, 0.1) is 0 Å². The van der Waals surface area contributed by atoms with Crippen molar-refractivity contribution < 1.29 is 9.53 Å². The predicted octanol–water partition coefficient (Wildman–Crippen LogP) is 1.76. The summed E-state index contributed by atoms with van der Waals surface area (Å²) in [5.41, 5.74) is -1.18. The molecule has 1 atom stereocenters. The van der Waals surface area contributed by atoms with E-state index < -0.39 is 11.1 Å². The summed E-state index contributed by atoms with van der Waals surface area (Å²) in [6.45, 7) is 7.37. The second-order valence-electron chi connectivity index (χ2n) is 4.57. The van der Waals surface area contributed by atoms with Crippen molar-refractivity contribution in [1.29, 1.82) is 0 Å². The van der Waals surface area contributed by atoms with Crippen molar-refractivity contribution in [3.8, 4) is 0 Å². The van der Waals surface area contributed by atoms with Gasteiger partial charge >= 0.3 is 5.97 Å². The monoisotopic (exact) mass is 195 g/mol. The van der Waals surface area contributed by atoms with Crippen LogP contribution in [0.25, 0.3) is 0 Å². The Bertz CT molecular complexity index is 286. The number of dihydropyridines is 1. The molecule has 3 nitrogen and oxygen atoms in total. The lowest BCUT2D eigenvalue weighted by atomic mass is 10.00. The summed E-state index contributed by atoms with van der Waals surface area (Å²) in [6, 6.07) is 0. The van der Waals surface area contributed by atoms with Gasteiger partial charge in [-0.2, -0.15) is 0 Å². The molecule has 0 spiro atoms. The number of carbonyl (C=O) groups excluding carboxylic acids is 1. The molecule has 0 saturated carbocycles. The second-order valence-corrected chi connectivity index (χ2v) is 4.57. The Morgan fingerprint density at radius 2 is 2.00 bits per heavy atom. The van der Waals surface area contributed by atoms with E-state index in [1.54, 1.807) is 19.2 Å². The second kappa shape index (κ2) is 3.48. The highest BCUT2D eigenvalue weighted by Crippen LogP contribution is 2.17. The van der Waals surface area contributed by atoms with Crippen LogP contribution in [0.15, 0.2) is 24.4 Å². The fraction of sp³-hybridized carbons (Fsp3) is 0.545. The van der Waals surface area contributed by atoms with Crippen LogP contribution in [0.1, 0.15) is 27.7 Å². The normalized spacial score (nSPS) is 25.7. The zero-order chi connectivity index (χ0) is 10.8. The van der Waals surface area contributed by atoms with Crippen LogP contribution in [0.5, 0.6) is 0 Å². The van der Waals surface area contributed by atoms with Crippen molar-refractivity contribution in [3.63, 3.8) is 0 Å². The molecule has 0 aliphatic carbocycles. The predicted molar refractivity (Wildman–Crippen MR) is 55.7 cm³/mol. The van der Waals surface area contributed by atoms with Crippen molar-refractivity contribution in [3.05, 3.63) is 24.4 Å². The Balaban J connectivity index is 2.69. The Hall–Kier alpha value is -1.25. The molecular formula is C11H17NO2. The summed E-state index contributed by atoms with van der Waals surface area (Å²) in [5.74, 6) is -0.259. The van der Waals surface area contributed by atoms with Crippen molar-refractivity contribution in [2.45, 2.75) is 38.8 Å². The van der Waals surface area contributed by atoms with Gasteiger partial charge in [-0.1, -0.05) is 6.08 Å². The highest BCUT2D eigenvalue weighted by molar-refractivity contribution is 5.83. The fourth-order valence-electron chi connectivity index (χ4n) is 1.08. The molecule has 0 saturated heterocycles. The van der Waals surface area contributed by atoms with Crippen molar-refractivity contribution in [2.24, 2.45) is 0 Å². The van der Waals surface area contributed by atoms with Crippen LogP contribution >= 0.6 is 0 Å². The fourth-order valence-corrected chi connectivity index (χ4v) is 1.08. The topological polar surface area (TPSA) is 38.3 Å². The Labute approximate surface area is 84.8 Å². The van der Waals surface area contributed by atoms with Gasteiger partial charge in [-0.15, -0.1) is 0 Å². The van der Waals surface area contributed by atoms with Crippen molar-refractivity contribution in [1.82, 2.24) is 5.32 Å². The smallest absolute Gasteiger partial charge is 0.336 e. The maximum Gasteiger partial charge on any atom is 0.336 e. The van der Waals surface area contributed by atoms with E-state index in [1.807, 2.05) is 32.9 Å². The SMILES string of the molecule is CC(C)(C)OC(=O)C1(C)C=CC=CN1. The number of hydrogen-bond acceptors (Lipinski definition) is 3. The van der Waals surface area contributed by atoms with Gasteiger partial charge in [-0.25, -0.2) is 4.79 Å². The van der Waals surface area contributed by atoms with E-state index in [4.69, 9.17) is 4.74 Å². The third-order valence-corrected chi connectivity index (χ3v) is 1.84. The van der Waals surface area contributed by atoms with Gasteiger partial charge in [0, 0.05) is 0 Å². The molecule has 1 aliphatic rings. The molecule has 0 aromatic carbocycles. The Morgan fingerprint density at radius 1 is 1.36 bits per heavy atom. The number of rotatable bonds is 1. The van der Waals surface area contributed by atoms with Crippen LogP contribution in [0, 0.1) is 0 Å². The Morgan fingerprint density at radius 3 is 2.43 bits per heavy atom. The van der Waals surface area contributed by atoms with Crippen LogP contribution in [0.2, 0.25) is 0 Å². The van der Waals surface area contributed by atoms with Crippen LogP contribution in [-0.4, -0.2) is 17.1 Å². The van der Waals surface area contributed by atoms with E-state index in [9.17, 15) is 4.79 Å². The van der Waals surface area contributed by atoms with Gasteiger partial charge in [0.2, 0.25) is 0 Å². The quantitative estimate of drug-likeness (QED) is 0.648. The number of hydrogen-bond donors (Lipinski definition) is 1. The molecule has 0 amide bonds. The first-order valence-corrected chi connectivity index (χ1v) is 4.69. The average Bonchev–Trinajstić information content (AvgIpc) is 2.02. The molecule has 1 unspecified atom stereocenters. The molecule has 0 radical (unpaired) electrons. The first kappa shape index (κ1) is 10.8. The third kappa shape index (κ3) is 2.62. The highest BCUT2D eigenvalue weighted by atomic mass is 16.6. The number of esters is 1. The summed E-state index contributed by atoms with van der Waals surface area (Å²) in [5, 5.41) is 2.98.